The minimum absolute atomic E-state index is 0.112. The van der Waals surface area contributed by atoms with E-state index >= 15 is 0 Å². The topological polar surface area (TPSA) is 29.1 Å². The Kier molecular flexibility index (Phi) is 3.34. The molecule has 0 aromatic heterocycles. The molecule has 1 aliphatic carbocycles. The Morgan fingerprint density at radius 1 is 1.10 bits per heavy atom. The lowest BCUT2D eigenvalue weighted by Gasteiger charge is -2.18. The second-order valence-electron chi connectivity index (χ2n) is 5.02. The number of benzene rings is 2. The third-order valence-electron chi connectivity index (χ3n) is 3.62. The molecule has 2 aromatic carbocycles. The smallest absolute Gasteiger partial charge is 0.253 e. The normalized spacial score (nSPS) is 15.7. The Hall–Kier alpha value is -1.68. The average molecular weight is 334 g/mol. The Morgan fingerprint density at radius 2 is 1.75 bits per heavy atom. The fraction of sp³-hybridized carbons (Fsp3) is 0.188. The standard InChI is InChI=1S/C16H13BrFNO/c17-14-4-2-1-3-13(14)15(20)19-16(9-10-16)11-5-7-12(18)8-6-11/h1-8H,9-10H2,(H,19,20). The molecule has 1 fully saturated rings. The molecular formula is C16H13BrFNO. The quantitative estimate of drug-likeness (QED) is 0.903. The van der Waals surface area contributed by atoms with Gasteiger partial charge in [0.05, 0.1) is 11.1 Å². The third-order valence-corrected chi connectivity index (χ3v) is 4.31. The van der Waals surface area contributed by atoms with Crippen LogP contribution in [0.15, 0.2) is 53.0 Å². The van der Waals surface area contributed by atoms with E-state index in [0.717, 1.165) is 22.9 Å². The number of amides is 1. The van der Waals surface area contributed by atoms with Crippen LogP contribution in [0.25, 0.3) is 0 Å². The second kappa shape index (κ2) is 5.02. The van der Waals surface area contributed by atoms with Gasteiger partial charge in [-0.3, -0.25) is 4.79 Å². The van der Waals surface area contributed by atoms with Gasteiger partial charge in [0, 0.05) is 4.47 Å². The maximum absolute atomic E-state index is 13.0. The maximum atomic E-state index is 13.0. The van der Waals surface area contributed by atoms with Gasteiger partial charge in [-0.2, -0.15) is 0 Å². The average Bonchev–Trinajstić information content (AvgIpc) is 3.20. The Balaban J connectivity index is 1.82. The highest BCUT2D eigenvalue weighted by Gasteiger charge is 2.45. The van der Waals surface area contributed by atoms with Crippen LogP contribution in [-0.2, 0) is 5.54 Å². The van der Waals surface area contributed by atoms with Crippen LogP contribution in [0.1, 0.15) is 28.8 Å². The molecule has 0 aliphatic heterocycles. The van der Waals surface area contributed by atoms with E-state index < -0.39 is 0 Å². The minimum atomic E-state index is -0.333. The van der Waals surface area contributed by atoms with E-state index in [0.29, 0.717) is 5.56 Å². The first-order chi connectivity index (χ1) is 9.61. The van der Waals surface area contributed by atoms with Gasteiger partial charge in [-0.15, -0.1) is 0 Å². The van der Waals surface area contributed by atoms with E-state index in [1.54, 1.807) is 18.2 Å². The summed E-state index contributed by atoms with van der Waals surface area (Å²) in [5, 5.41) is 3.07. The summed E-state index contributed by atoms with van der Waals surface area (Å²) >= 11 is 3.38. The first kappa shape index (κ1) is 13.3. The van der Waals surface area contributed by atoms with Gasteiger partial charge in [-0.1, -0.05) is 24.3 Å². The zero-order valence-corrected chi connectivity index (χ0v) is 12.3. The fourth-order valence-corrected chi connectivity index (χ4v) is 2.77. The zero-order valence-electron chi connectivity index (χ0n) is 10.7. The van der Waals surface area contributed by atoms with Crippen LogP contribution in [0.2, 0.25) is 0 Å². The maximum Gasteiger partial charge on any atom is 0.253 e. The minimum Gasteiger partial charge on any atom is -0.342 e. The molecular weight excluding hydrogens is 321 g/mol. The summed E-state index contributed by atoms with van der Waals surface area (Å²) in [4.78, 5) is 12.3. The number of rotatable bonds is 3. The zero-order chi connectivity index (χ0) is 14.2. The van der Waals surface area contributed by atoms with Crippen LogP contribution < -0.4 is 5.32 Å². The molecule has 1 saturated carbocycles. The van der Waals surface area contributed by atoms with Crippen LogP contribution in [-0.4, -0.2) is 5.91 Å². The van der Waals surface area contributed by atoms with Crippen molar-refractivity contribution in [1.82, 2.24) is 5.32 Å². The van der Waals surface area contributed by atoms with Crippen LogP contribution >= 0.6 is 15.9 Å². The van der Waals surface area contributed by atoms with Gasteiger partial charge in [-0.25, -0.2) is 4.39 Å². The molecule has 1 N–H and O–H groups in total. The molecule has 0 spiro atoms. The first-order valence-corrected chi connectivity index (χ1v) is 7.23. The first-order valence-electron chi connectivity index (χ1n) is 6.44. The molecule has 4 heteroatoms. The van der Waals surface area contributed by atoms with E-state index in [9.17, 15) is 9.18 Å². The van der Waals surface area contributed by atoms with E-state index in [1.165, 1.54) is 12.1 Å². The van der Waals surface area contributed by atoms with Crippen molar-refractivity contribution in [3.63, 3.8) is 0 Å². The highest BCUT2D eigenvalue weighted by atomic mass is 79.9. The Labute approximate surface area is 125 Å². The molecule has 0 unspecified atom stereocenters. The van der Waals surface area contributed by atoms with Gasteiger partial charge < -0.3 is 5.32 Å². The van der Waals surface area contributed by atoms with Crippen molar-refractivity contribution in [3.05, 3.63) is 69.9 Å². The van der Waals surface area contributed by atoms with E-state index in [2.05, 4.69) is 21.2 Å². The SMILES string of the molecule is O=C(NC1(c2ccc(F)cc2)CC1)c1ccccc1Br. The number of halogens is 2. The van der Waals surface area contributed by atoms with Gasteiger partial charge in [0.2, 0.25) is 0 Å². The van der Waals surface area contributed by atoms with Crippen LogP contribution in [0.4, 0.5) is 4.39 Å². The monoisotopic (exact) mass is 333 g/mol. The van der Waals surface area contributed by atoms with E-state index in [4.69, 9.17) is 0 Å². The molecule has 0 radical (unpaired) electrons. The number of nitrogens with one attached hydrogen (secondary N) is 1. The van der Waals surface area contributed by atoms with Crippen LogP contribution in [0, 0.1) is 5.82 Å². The molecule has 1 amide bonds. The fourth-order valence-electron chi connectivity index (χ4n) is 2.31. The lowest BCUT2D eigenvalue weighted by Crippen LogP contribution is -2.35. The number of carbonyl (C=O) groups is 1. The van der Waals surface area contributed by atoms with Crippen LogP contribution in [0.3, 0.4) is 0 Å². The van der Waals surface area contributed by atoms with Crippen molar-refractivity contribution in [3.8, 4) is 0 Å². The van der Waals surface area contributed by atoms with Crippen molar-refractivity contribution in [2.75, 3.05) is 0 Å². The summed E-state index contributed by atoms with van der Waals surface area (Å²) in [7, 11) is 0. The lowest BCUT2D eigenvalue weighted by molar-refractivity contribution is 0.0930. The van der Waals surface area contributed by atoms with Crippen molar-refractivity contribution in [2.24, 2.45) is 0 Å². The molecule has 0 saturated heterocycles. The number of hydrogen-bond donors (Lipinski definition) is 1. The molecule has 2 nitrogen and oxygen atoms in total. The van der Waals surface area contributed by atoms with E-state index in [1.807, 2.05) is 18.2 Å². The number of hydrogen-bond acceptors (Lipinski definition) is 1. The molecule has 0 bridgehead atoms. The highest BCUT2D eigenvalue weighted by Crippen LogP contribution is 2.45. The molecule has 0 atom stereocenters. The molecule has 20 heavy (non-hydrogen) atoms. The molecule has 0 heterocycles. The third kappa shape index (κ3) is 2.48. The summed E-state index contributed by atoms with van der Waals surface area (Å²) in [5.74, 6) is -0.374. The Bertz CT molecular complexity index is 650. The number of carbonyl (C=O) groups excluding carboxylic acids is 1. The van der Waals surface area contributed by atoms with E-state index in [-0.39, 0.29) is 17.3 Å². The summed E-state index contributed by atoms with van der Waals surface area (Å²) in [5.41, 5.74) is 1.24. The van der Waals surface area contributed by atoms with Crippen LogP contribution in [0.5, 0.6) is 0 Å². The second-order valence-corrected chi connectivity index (χ2v) is 5.88. The summed E-state index contributed by atoms with van der Waals surface area (Å²) in [6.07, 6.45) is 1.77. The summed E-state index contributed by atoms with van der Waals surface area (Å²) < 4.78 is 13.8. The van der Waals surface area contributed by atoms with Gasteiger partial charge in [-0.05, 0) is 58.6 Å². The molecule has 1 aliphatic rings. The molecule has 2 aromatic rings. The Morgan fingerprint density at radius 3 is 2.35 bits per heavy atom. The van der Waals surface area contributed by atoms with Crippen molar-refractivity contribution < 1.29 is 9.18 Å². The molecule has 3 rings (SSSR count). The molecule has 102 valence electrons. The highest BCUT2D eigenvalue weighted by molar-refractivity contribution is 9.10. The predicted molar refractivity (Wildman–Crippen MR) is 78.9 cm³/mol. The largest absolute Gasteiger partial charge is 0.342 e. The van der Waals surface area contributed by atoms with Gasteiger partial charge in [0.1, 0.15) is 5.82 Å². The van der Waals surface area contributed by atoms with Gasteiger partial charge >= 0.3 is 0 Å². The summed E-state index contributed by atoms with van der Waals surface area (Å²) in [6.45, 7) is 0. The predicted octanol–water partition coefficient (Wildman–Crippen LogP) is 4.01. The van der Waals surface area contributed by atoms with Crippen molar-refractivity contribution >= 4 is 21.8 Å². The lowest BCUT2D eigenvalue weighted by atomic mass is 10.0. The van der Waals surface area contributed by atoms with Crippen molar-refractivity contribution in [2.45, 2.75) is 18.4 Å². The van der Waals surface area contributed by atoms with Gasteiger partial charge in [0.25, 0.3) is 5.91 Å². The summed E-state index contributed by atoms with van der Waals surface area (Å²) in [6, 6.07) is 13.7. The van der Waals surface area contributed by atoms with Gasteiger partial charge in [0.15, 0.2) is 0 Å². The van der Waals surface area contributed by atoms with Crippen molar-refractivity contribution in [1.29, 1.82) is 0 Å².